The van der Waals surface area contributed by atoms with Gasteiger partial charge in [0, 0.05) is 5.69 Å². The molecule has 4 rings (SSSR count). The minimum absolute atomic E-state index is 0.0339. The van der Waals surface area contributed by atoms with E-state index >= 15 is 0 Å². The topological polar surface area (TPSA) is 96.2 Å². The number of anilines is 5. The van der Waals surface area contributed by atoms with Crippen molar-refractivity contribution >= 4 is 46.0 Å². The molecule has 3 aromatic carbocycles. The Balaban J connectivity index is 1.74. The Labute approximate surface area is 187 Å². The van der Waals surface area contributed by atoms with E-state index in [4.69, 9.17) is 11.6 Å². The fraction of sp³-hybridized carbons (Fsp3) is 0. The average molecular weight is 451 g/mol. The van der Waals surface area contributed by atoms with Crippen molar-refractivity contribution in [3.05, 3.63) is 106 Å². The van der Waals surface area contributed by atoms with Crippen LogP contribution in [-0.2, 0) is 0 Å². The molecule has 0 atom stereocenters. The molecule has 0 saturated carbocycles. The first-order chi connectivity index (χ1) is 15.5. The van der Waals surface area contributed by atoms with E-state index in [-0.39, 0.29) is 22.3 Å². The van der Waals surface area contributed by atoms with Gasteiger partial charge in [-0.3, -0.25) is 20.5 Å². The summed E-state index contributed by atoms with van der Waals surface area (Å²) in [5, 5.41) is 16.3. The third-order valence-corrected chi connectivity index (χ3v) is 4.72. The van der Waals surface area contributed by atoms with Crippen molar-refractivity contribution < 1.29 is 9.31 Å². The van der Waals surface area contributed by atoms with Crippen LogP contribution < -0.4 is 15.8 Å². The van der Waals surface area contributed by atoms with Crippen molar-refractivity contribution in [1.82, 2.24) is 9.97 Å². The first kappa shape index (κ1) is 21.0. The van der Waals surface area contributed by atoms with Gasteiger partial charge in [0.1, 0.15) is 12.1 Å². The van der Waals surface area contributed by atoms with Gasteiger partial charge in [0.05, 0.1) is 21.3 Å². The minimum atomic E-state index is -0.599. The monoisotopic (exact) mass is 450 g/mol. The molecule has 160 valence electrons. The lowest BCUT2D eigenvalue weighted by molar-refractivity contribution is -0.383. The predicted octanol–water partition coefficient (Wildman–Crippen LogP) is 6.09. The Morgan fingerprint density at radius 1 is 0.906 bits per heavy atom. The zero-order valence-electron chi connectivity index (χ0n) is 16.4. The van der Waals surface area contributed by atoms with Gasteiger partial charge in [-0.15, -0.1) is 0 Å². The second-order valence-electron chi connectivity index (χ2n) is 6.55. The largest absolute Gasteiger partial charge is 0.355 e. The molecule has 0 radical (unpaired) electrons. The Hall–Kier alpha value is -4.24. The van der Waals surface area contributed by atoms with Gasteiger partial charge in [0.15, 0.2) is 0 Å². The molecule has 0 aliphatic heterocycles. The van der Waals surface area contributed by atoms with Crippen molar-refractivity contribution in [2.24, 2.45) is 0 Å². The molecule has 4 aromatic rings. The highest BCUT2D eigenvalue weighted by Crippen LogP contribution is 2.34. The zero-order valence-corrected chi connectivity index (χ0v) is 17.2. The second kappa shape index (κ2) is 9.27. The van der Waals surface area contributed by atoms with Crippen LogP contribution in [0, 0.1) is 15.9 Å². The number of benzene rings is 3. The predicted molar refractivity (Wildman–Crippen MR) is 122 cm³/mol. The summed E-state index contributed by atoms with van der Waals surface area (Å²) in [4.78, 5) is 19.5. The molecule has 8 nitrogen and oxygen atoms in total. The Morgan fingerprint density at radius 2 is 1.50 bits per heavy atom. The summed E-state index contributed by atoms with van der Waals surface area (Å²) in [6.07, 6.45) is 1.19. The molecule has 1 aromatic heterocycles. The summed E-state index contributed by atoms with van der Waals surface area (Å²) < 4.78 is 13.5. The summed E-state index contributed by atoms with van der Waals surface area (Å²) >= 11 is 5.82. The van der Waals surface area contributed by atoms with Crippen molar-refractivity contribution in [2.75, 3.05) is 15.8 Å². The number of rotatable bonds is 7. The van der Waals surface area contributed by atoms with E-state index in [2.05, 4.69) is 20.7 Å². The number of halogens is 2. The molecule has 2 N–H and O–H groups in total. The molecule has 0 bridgehead atoms. The van der Waals surface area contributed by atoms with Crippen molar-refractivity contribution in [1.29, 1.82) is 0 Å². The highest BCUT2D eigenvalue weighted by molar-refractivity contribution is 6.31. The van der Waals surface area contributed by atoms with Gasteiger partial charge < -0.3 is 5.32 Å². The van der Waals surface area contributed by atoms with Crippen LogP contribution in [0.3, 0.4) is 0 Å². The number of hydrazine groups is 1. The van der Waals surface area contributed by atoms with Crippen molar-refractivity contribution in [2.45, 2.75) is 0 Å². The molecular formula is C22H16ClFN6O2. The second-order valence-corrected chi connectivity index (χ2v) is 6.96. The summed E-state index contributed by atoms with van der Waals surface area (Å²) in [6.45, 7) is 0. The van der Waals surface area contributed by atoms with E-state index in [0.29, 0.717) is 5.69 Å². The number of nitro groups is 1. The van der Waals surface area contributed by atoms with Gasteiger partial charge in [-0.05, 0) is 42.5 Å². The highest BCUT2D eigenvalue weighted by Gasteiger charge is 2.25. The maximum absolute atomic E-state index is 13.5. The molecule has 10 heteroatoms. The lowest BCUT2D eigenvalue weighted by Crippen LogP contribution is -2.26. The lowest BCUT2D eigenvalue weighted by atomic mass is 10.2. The molecule has 0 saturated heterocycles. The van der Waals surface area contributed by atoms with Crippen molar-refractivity contribution in [3.8, 4) is 0 Å². The van der Waals surface area contributed by atoms with E-state index in [1.165, 1.54) is 18.5 Å². The number of para-hydroxylation sites is 2. The maximum atomic E-state index is 13.5. The quantitative estimate of drug-likeness (QED) is 0.260. The zero-order chi connectivity index (χ0) is 22.5. The number of aromatic nitrogens is 2. The third kappa shape index (κ3) is 4.57. The van der Waals surface area contributed by atoms with E-state index in [0.717, 1.165) is 17.4 Å². The van der Waals surface area contributed by atoms with Crippen molar-refractivity contribution in [3.63, 3.8) is 0 Å². The number of hydrogen-bond acceptors (Lipinski definition) is 7. The molecule has 0 fully saturated rings. The molecule has 0 aliphatic rings. The fourth-order valence-electron chi connectivity index (χ4n) is 2.97. The fourth-order valence-corrected chi connectivity index (χ4v) is 3.15. The first-order valence-electron chi connectivity index (χ1n) is 9.41. The Kier molecular flexibility index (Phi) is 6.09. The average Bonchev–Trinajstić information content (AvgIpc) is 2.81. The third-order valence-electron chi connectivity index (χ3n) is 4.43. The van der Waals surface area contributed by atoms with Crippen LogP contribution in [-0.4, -0.2) is 14.9 Å². The number of nitrogens with zero attached hydrogens (tertiary/aromatic N) is 4. The standard InChI is InChI=1S/C22H16ClFN6O2/c23-18-13-15(11-12-19(18)24)27-21-20(30(31)32)22(26-14-25-21)28-29(16-7-3-1-4-8-16)17-9-5-2-6-10-17/h1-14H,(H2,25,26,27,28). The maximum Gasteiger partial charge on any atom is 0.355 e. The van der Waals surface area contributed by atoms with Crippen LogP contribution in [0.4, 0.5) is 38.8 Å². The molecular weight excluding hydrogens is 435 g/mol. The van der Waals surface area contributed by atoms with E-state index < -0.39 is 10.7 Å². The van der Waals surface area contributed by atoms with Gasteiger partial charge in [-0.2, -0.15) is 0 Å². The van der Waals surface area contributed by atoms with Crippen LogP contribution in [0.25, 0.3) is 0 Å². The van der Waals surface area contributed by atoms with Crippen LogP contribution >= 0.6 is 11.6 Å². The van der Waals surface area contributed by atoms with Gasteiger partial charge >= 0.3 is 5.69 Å². The smallest absolute Gasteiger partial charge is 0.334 e. The summed E-state index contributed by atoms with van der Waals surface area (Å²) in [7, 11) is 0. The van der Waals surface area contributed by atoms with Gasteiger partial charge in [0.2, 0.25) is 11.6 Å². The molecule has 32 heavy (non-hydrogen) atoms. The molecule has 0 amide bonds. The minimum Gasteiger partial charge on any atom is -0.334 e. The Bertz CT molecular complexity index is 1200. The molecule has 0 aliphatic carbocycles. The highest BCUT2D eigenvalue weighted by atomic mass is 35.5. The molecule has 0 spiro atoms. The summed E-state index contributed by atoms with van der Waals surface area (Å²) in [6, 6.07) is 22.4. The van der Waals surface area contributed by atoms with Gasteiger partial charge in [-0.1, -0.05) is 48.0 Å². The first-order valence-corrected chi connectivity index (χ1v) is 9.79. The van der Waals surface area contributed by atoms with Crippen LogP contribution in [0.15, 0.2) is 85.2 Å². The van der Waals surface area contributed by atoms with Crippen LogP contribution in [0.5, 0.6) is 0 Å². The molecule has 1 heterocycles. The number of hydrogen-bond donors (Lipinski definition) is 2. The molecule has 0 unspecified atom stereocenters. The van der Waals surface area contributed by atoms with E-state index in [1.807, 2.05) is 60.7 Å². The SMILES string of the molecule is O=[N+]([O-])c1c(Nc2ccc(F)c(Cl)c2)ncnc1NN(c1ccccc1)c1ccccc1. The summed E-state index contributed by atoms with van der Waals surface area (Å²) in [5.41, 5.74) is 4.46. The Morgan fingerprint density at radius 3 is 2.06 bits per heavy atom. The van der Waals surface area contributed by atoms with Crippen LogP contribution in [0.2, 0.25) is 5.02 Å². The van der Waals surface area contributed by atoms with Gasteiger partial charge in [0.25, 0.3) is 0 Å². The van der Waals surface area contributed by atoms with E-state index in [9.17, 15) is 14.5 Å². The van der Waals surface area contributed by atoms with Crippen LogP contribution in [0.1, 0.15) is 0 Å². The number of nitrogens with one attached hydrogen (secondary N) is 2. The van der Waals surface area contributed by atoms with E-state index in [1.54, 1.807) is 5.01 Å². The summed E-state index contributed by atoms with van der Waals surface area (Å²) in [5.74, 6) is -0.706. The lowest BCUT2D eigenvalue weighted by Gasteiger charge is -2.26. The normalized spacial score (nSPS) is 10.4. The van der Waals surface area contributed by atoms with Gasteiger partial charge in [-0.25, -0.2) is 14.4 Å².